The zero-order valence-corrected chi connectivity index (χ0v) is 11.1. The smallest absolute Gasteiger partial charge is 0.139 e. The summed E-state index contributed by atoms with van der Waals surface area (Å²) >= 11 is 6.26. The Labute approximate surface area is 111 Å². The van der Waals surface area contributed by atoms with Crippen LogP contribution in [0.15, 0.2) is 24.3 Å². The number of anilines is 1. The molecular weight excluding hydrogens is 248 g/mol. The largest absolute Gasteiger partial charge is 0.497 e. The van der Waals surface area contributed by atoms with Gasteiger partial charge in [0.2, 0.25) is 0 Å². The molecule has 0 saturated carbocycles. The topological polar surface area (TPSA) is 25.4 Å². The molecule has 1 aliphatic heterocycles. The van der Waals surface area contributed by atoms with Gasteiger partial charge in [-0.25, -0.2) is 4.98 Å². The Balaban J connectivity index is 2.11. The van der Waals surface area contributed by atoms with Crippen molar-refractivity contribution in [3.8, 4) is 5.75 Å². The molecule has 1 saturated heterocycles. The van der Waals surface area contributed by atoms with Crippen molar-refractivity contribution in [2.24, 2.45) is 0 Å². The number of ether oxygens (including phenoxy) is 1. The minimum atomic E-state index is 0.567. The molecule has 0 amide bonds. The molecule has 1 aromatic heterocycles. The maximum Gasteiger partial charge on any atom is 0.139 e. The molecule has 0 N–H and O–H groups in total. The van der Waals surface area contributed by atoms with Gasteiger partial charge in [0.05, 0.1) is 7.11 Å². The van der Waals surface area contributed by atoms with Gasteiger partial charge < -0.3 is 9.64 Å². The number of benzene rings is 1. The maximum atomic E-state index is 6.26. The predicted molar refractivity (Wildman–Crippen MR) is 74.8 cm³/mol. The lowest BCUT2D eigenvalue weighted by Crippen LogP contribution is -2.18. The van der Waals surface area contributed by atoms with Crippen LogP contribution in [0.5, 0.6) is 5.75 Å². The third-order valence-corrected chi connectivity index (χ3v) is 3.70. The van der Waals surface area contributed by atoms with Crippen LogP contribution in [-0.4, -0.2) is 25.2 Å². The predicted octanol–water partition coefficient (Wildman–Crippen LogP) is 3.50. The average Bonchev–Trinajstić information content (AvgIpc) is 2.91. The van der Waals surface area contributed by atoms with E-state index in [2.05, 4.69) is 16.0 Å². The standard InChI is InChI=1S/C14H15ClN2O/c1-18-11-4-5-12-10(8-11)9-13(16-14(12)15)17-6-2-3-7-17/h4-5,8-9H,2-3,6-7H2,1H3. The molecule has 0 atom stereocenters. The van der Waals surface area contributed by atoms with Gasteiger partial charge in [0.25, 0.3) is 0 Å². The van der Waals surface area contributed by atoms with Crippen molar-refractivity contribution in [3.05, 3.63) is 29.4 Å². The SMILES string of the molecule is COc1ccc2c(Cl)nc(N3CCCC3)cc2c1. The summed E-state index contributed by atoms with van der Waals surface area (Å²) < 4.78 is 5.25. The lowest BCUT2D eigenvalue weighted by atomic mass is 10.1. The Bertz CT molecular complexity index is 579. The number of methoxy groups -OCH3 is 1. The fourth-order valence-electron chi connectivity index (χ4n) is 2.42. The van der Waals surface area contributed by atoms with Crippen LogP contribution >= 0.6 is 11.6 Å². The summed E-state index contributed by atoms with van der Waals surface area (Å²) in [5, 5.41) is 2.62. The van der Waals surface area contributed by atoms with Gasteiger partial charge in [-0.15, -0.1) is 0 Å². The van der Waals surface area contributed by atoms with Crippen LogP contribution < -0.4 is 9.64 Å². The number of fused-ring (bicyclic) bond motifs is 1. The van der Waals surface area contributed by atoms with Crippen LogP contribution in [0.25, 0.3) is 10.8 Å². The van der Waals surface area contributed by atoms with Crippen molar-refractivity contribution >= 4 is 28.2 Å². The van der Waals surface area contributed by atoms with Gasteiger partial charge in [0, 0.05) is 18.5 Å². The Kier molecular flexibility index (Phi) is 3.00. The molecule has 0 spiro atoms. The molecule has 0 aliphatic carbocycles. The summed E-state index contributed by atoms with van der Waals surface area (Å²) in [6.45, 7) is 2.14. The van der Waals surface area contributed by atoms with Crippen molar-refractivity contribution in [1.29, 1.82) is 0 Å². The van der Waals surface area contributed by atoms with Gasteiger partial charge in [-0.05, 0) is 42.5 Å². The van der Waals surface area contributed by atoms with E-state index in [1.165, 1.54) is 12.8 Å². The highest BCUT2D eigenvalue weighted by Gasteiger charge is 2.15. The van der Waals surface area contributed by atoms with Crippen molar-refractivity contribution in [3.63, 3.8) is 0 Å². The van der Waals surface area contributed by atoms with Crippen LogP contribution in [0, 0.1) is 0 Å². The summed E-state index contributed by atoms with van der Waals surface area (Å²) in [6, 6.07) is 7.96. The third-order valence-electron chi connectivity index (χ3n) is 3.41. The number of halogens is 1. The van der Waals surface area contributed by atoms with Gasteiger partial charge in [0.1, 0.15) is 16.7 Å². The van der Waals surface area contributed by atoms with Crippen LogP contribution in [0.2, 0.25) is 5.15 Å². The molecule has 1 fully saturated rings. The molecule has 0 radical (unpaired) electrons. The number of nitrogens with zero attached hydrogens (tertiary/aromatic N) is 2. The first-order chi connectivity index (χ1) is 8.78. The molecule has 18 heavy (non-hydrogen) atoms. The minimum absolute atomic E-state index is 0.567. The minimum Gasteiger partial charge on any atom is -0.497 e. The highest BCUT2D eigenvalue weighted by molar-refractivity contribution is 6.34. The van der Waals surface area contributed by atoms with E-state index in [9.17, 15) is 0 Å². The lowest BCUT2D eigenvalue weighted by molar-refractivity contribution is 0.415. The van der Waals surface area contributed by atoms with Gasteiger partial charge in [-0.2, -0.15) is 0 Å². The summed E-state index contributed by atoms with van der Waals surface area (Å²) in [7, 11) is 1.67. The van der Waals surface area contributed by atoms with Gasteiger partial charge in [-0.3, -0.25) is 0 Å². The van der Waals surface area contributed by atoms with E-state index in [1.54, 1.807) is 7.11 Å². The summed E-state index contributed by atoms with van der Waals surface area (Å²) in [4.78, 5) is 6.77. The van der Waals surface area contributed by atoms with E-state index in [1.807, 2.05) is 18.2 Å². The number of pyridine rings is 1. The first kappa shape index (κ1) is 11.6. The molecule has 2 aromatic rings. The fraction of sp³-hybridized carbons (Fsp3) is 0.357. The van der Waals surface area contributed by atoms with E-state index >= 15 is 0 Å². The molecule has 1 aliphatic rings. The summed E-state index contributed by atoms with van der Waals surface area (Å²) in [5.74, 6) is 1.82. The highest BCUT2D eigenvalue weighted by Crippen LogP contribution is 2.30. The second-order valence-electron chi connectivity index (χ2n) is 4.55. The molecule has 1 aromatic carbocycles. The van der Waals surface area contributed by atoms with Crippen LogP contribution in [0.4, 0.5) is 5.82 Å². The second kappa shape index (κ2) is 4.65. The lowest BCUT2D eigenvalue weighted by Gasteiger charge is -2.17. The Morgan fingerprint density at radius 3 is 2.72 bits per heavy atom. The molecule has 4 heteroatoms. The molecule has 94 valence electrons. The average molecular weight is 263 g/mol. The van der Waals surface area contributed by atoms with E-state index in [0.29, 0.717) is 5.15 Å². The summed E-state index contributed by atoms with van der Waals surface area (Å²) in [6.07, 6.45) is 2.46. The zero-order valence-electron chi connectivity index (χ0n) is 10.3. The van der Waals surface area contributed by atoms with Crippen molar-refractivity contribution < 1.29 is 4.74 Å². The first-order valence-corrected chi connectivity index (χ1v) is 6.55. The van der Waals surface area contributed by atoms with E-state index in [4.69, 9.17) is 16.3 Å². The van der Waals surface area contributed by atoms with Crippen LogP contribution in [-0.2, 0) is 0 Å². The molecule has 3 rings (SSSR count). The molecule has 0 unspecified atom stereocenters. The van der Waals surface area contributed by atoms with E-state index in [0.717, 1.165) is 35.4 Å². The number of hydrogen-bond donors (Lipinski definition) is 0. The van der Waals surface area contributed by atoms with Crippen LogP contribution in [0.3, 0.4) is 0 Å². The summed E-state index contributed by atoms with van der Waals surface area (Å²) in [5.41, 5.74) is 0. The van der Waals surface area contributed by atoms with E-state index < -0.39 is 0 Å². The van der Waals surface area contributed by atoms with Crippen LogP contribution in [0.1, 0.15) is 12.8 Å². The van der Waals surface area contributed by atoms with Gasteiger partial charge in [0.15, 0.2) is 0 Å². The van der Waals surface area contributed by atoms with Gasteiger partial charge >= 0.3 is 0 Å². The van der Waals surface area contributed by atoms with Crippen molar-refractivity contribution in [1.82, 2.24) is 4.98 Å². The van der Waals surface area contributed by atoms with Crippen molar-refractivity contribution in [2.75, 3.05) is 25.1 Å². The first-order valence-electron chi connectivity index (χ1n) is 6.17. The quantitative estimate of drug-likeness (QED) is 0.775. The van der Waals surface area contributed by atoms with E-state index in [-0.39, 0.29) is 0 Å². The second-order valence-corrected chi connectivity index (χ2v) is 4.91. The van der Waals surface area contributed by atoms with Crippen molar-refractivity contribution in [2.45, 2.75) is 12.8 Å². The molecule has 2 heterocycles. The Hall–Kier alpha value is -1.48. The number of rotatable bonds is 2. The molecule has 3 nitrogen and oxygen atoms in total. The normalized spacial score (nSPS) is 15.3. The molecular formula is C14H15ClN2O. The van der Waals surface area contributed by atoms with Gasteiger partial charge in [-0.1, -0.05) is 11.6 Å². The Morgan fingerprint density at radius 1 is 1.22 bits per heavy atom. The molecule has 0 bridgehead atoms. The zero-order chi connectivity index (χ0) is 12.5. The Morgan fingerprint density at radius 2 is 2.00 bits per heavy atom. The third kappa shape index (κ3) is 1.99. The fourth-order valence-corrected chi connectivity index (χ4v) is 2.67. The maximum absolute atomic E-state index is 6.26. The number of aromatic nitrogens is 1. The monoisotopic (exact) mass is 262 g/mol. The number of hydrogen-bond acceptors (Lipinski definition) is 3. The highest BCUT2D eigenvalue weighted by atomic mass is 35.5.